The van der Waals surface area contributed by atoms with Crippen LogP contribution in [0.25, 0.3) is 10.9 Å². The van der Waals surface area contributed by atoms with E-state index in [1.54, 1.807) is 17.2 Å². The fourth-order valence-corrected chi connectivity index (χ4v) is 5.19. The Labute approximate surface area is 202 Å². The molecule has 9 nitrogen and oxygen atoms in total. The summed E-state index contributed by atoms with van der Waals surface area (Å²) in [7, 11) is 0. The minimum Gasteiger partial charge on any atom is -0.489 e. The molecule has 0 saturated carbocycles. The zero-order chi connectivity index (χ0) is 23.9. The van der Waals surface area contributed by atoms with Crippen LogP contribution in [0.15, 0.2) is 48.8 Å². The van der Waals surface area contributed by atoms with Gasteiger partial charge < -0.3 is 9.64 Å². The van der Waals surface area contributed by atoms with Crippen LogP contribution in [0.2, 0.25) is 0 Å². The standard InChI is InChI=1S/C26H25N5O4/c32-24-6-5-23(25(33)29-24)31-13-17-11-19(3-4-21(17)26(31)34)35-20-7-9-30(15-20)14-18-10-16-2-1-8-27-22(16)12-28-18/h1-4,8,10-12,20,23H,5-7,9,13-15H2,(H,29,32,33)/t20-,23?/m0/s1. The van der Waals surface area contributed by atoms with Crippen LogP contribution < -0.4 is 10.1 Å². The summed E-state index contributed by atoms with van der Waals surface area (Å²) in [6.45, 7) is 2.82. The molecule has 5 heterocycles. The average Bonchev–Trinajstić information content (AvgIpc) is 3.42. The molecule has 0 radical (unpaired) electrons. The quantitative estimate of drug-likeness (QED) is 0.568. The van der Waals surface area contributed by atoms with Crippen molar-refractivity contribution < 1.29 is 19.1 Å². The van der Waals surface area contributed by atoms with Crippen molar-refractivity contribution in [3.05, 3.63) is 65.6 Å². The number of aromatic nitrogens is 2. The van der Waals surface area contributed by atoms with Crippen molar-refractivity contribution in [2.75, 3.05) is 13.1 Å². The highest BCUT2D eigenvalue weighted by Gasteiger charge is 2.39. The molecule has 178 valence electrons. The number of fused-ring (bicyclic) bond motifs is 2. The first-order valence-electron chi connectivity index (χ1n) is 11.9. The van der Waals surface area contributed by atoms with E-state index in [4.69, 9.17) is 4.74 Å². The van der Waals surface area contributed by atoms with E-state index in [1.165, 1.54) is 0 Å². The van der Waals surface area contributed by atoms with Gasteiger partial charge in [-0.15, -0.1) is 0 Å². The summed E-state index contributed by atoms with van der Waals surface area (Å²) in [6, 6.07) is 11.0. The van der Waals surface area contributed by atoms with Gasteiger partial charge >= 0.3 is 0 Å². The number of ether oxygens (including phenoxy) is 1. The third-order valence-electron chi connectivity index (χ3n) is 6.96. The maximum atomic E-state index is 12.9. The Balaban J connectivity index is 1.08. The molecular formula is C26H25N5O4. The molecule has 1 unspecified atom stereocenters. The summed E-state index contributed by atoms with van der Waals surface area (Å²) in [6.07, 6.45) is 5.15. The van der Waals surface area contributed by atoms with Gasteiger partial charge in [-0.25, -0.2) is 0 Å². The average molecular weight is 472 g/mol. The molecular weight excluding hydrogens is 446 g/mol. The minimum atomic E-state index is -0.611. The van der Waals surface area contributed by atoms with Crippen molar-refractivity contribution in [3.8, 4) is 5.75 Å². The predicted molar refractivity (Wildman–Crippen MR) is 126 cm³/mol. The minimum absolute atomic E-state index is 0.0542. The van der Waals surface area contributed by atoms with E-state index in [2.05, 4.69) is 26.3 Å². The number of carbonyl (C=O) groups is 3. The van der Waals surface area contributed by atoms with E-state index in [-0.39, 0.29) is 24.3 Å². The number of carbonyl (C=O) groups excluding carboxylic acids is 3. The molecule has 3 aromatic rings. The molecule has 0 aliphatic carbocycles. The van der Waals surface area contributed by atoms with Crippen molar-refractivity contribution >= 4 is 28.6 Å². The molecule has 2 atom stereocenters. The number of piperidine rings is 1. The smallest absolute Gasteiger partial charge is 0.255 e. The lowest BCUT2D eigenvalue weighted by Crippen LogP contribution is -2.52. The van der Waals surface area contributed by atoms with Crippen LogP contribution in [0, 0.1) is 0 Å². The van der Waals surface area contributed by atoms with Crippen LogP contribution in [0.3, 0.4) is 0 Å². The number of likely N-dealkylation sites (tertiary alicyclic amines) is 1. The largest absolute Gasteiger partial charge is 0.489 e. The molecule has 2 fully saturated rings. The first-order chi connectivity index (χ1) is 17.0. The van der Waals surface area contributed by atoms with Gasteiger partial charge in [0.05, 0.1) is 17.4 Å². The molecule has 3 aliphatic rings. The molecule has 9 heteroatoms. The monoisotopic (exact) mass is 471 g/mol. The van der Waals surface area contributed by atoms with Crippen molar-refractivity contribution in [1.29, 1.82) is 0 Å². The van der Waals surface area contributed by atoms with E-state index < -0.39 is 11.9 Å². The van der Waals surface area contributed by atoms with Crippen LogP contribution in [-0.2, 0) is 22.7 Å². The summed E-state index contributed by atoms with van der Waals surface area (Å²) < 4.78 is 6.26. The van der Waals surface area contributed by atoms with Gasteiger partial charge in [-0.3, -0.25) is 34.6 Å². The van der Waals surface area contributed by atoms with Gasteiger partial charge in [-0.05, 0) is 48.7 Å². The molecule has 35 heavy (non-hydrogen) atoms. The lowest BCUT2D eigenvalue weighted by atomic mass is 10.0. The SMILES string of the molecule is O=C1CCC(N2Cc3cc(O[C@H]4CCN(Cc5cc6cccnc6cn5)C4)ccc3C2=O)C(=O)N1. The van der Waals surface area contributed by atoms with Crippen LogP contribution in [0.4, 0.5) is 0 Å². The maximum absolute atomic E-state index is 12.9. The second kappa shape index (κ2) is 8.74. The van der Waals surface area contributed by atoms with Gasteiger partial charge in [0.2, 0.25) is 11.8 Å². The summed E-state index contributed by atoms with van der Waals surface area (Å²) in [5.41, 5.74) is 3.34. The Bertz CT molecular complexity index is 1340. The lowest BCUT2D eigenvalue weighted by Gasteiger charge is -2.29. The number of hydrogen-bond donors (Lipinski definition) is 1. The molecule has 2 saturated heterocycles. The molecule has 3 amide bonds. The zero-order valence-electron chi connectivity index (χ0n) is 19.1. The maximum Gasteiger partial charge on any atom is 0.255 e. The Morgan fingerprint density at radius 3 is 2.89 bits per heavy atom. The summed E-state index contributed by atoms with van der Waals surface area (Å²) >= 11 is 0. The summed E-state index contributed by atoms with van der Waals surface area (Å²) in [5, 5.41) is 3.42. The fourth-order valence-electron chi connectivity index (χ4n) is 5.19. The predicted octanol–water partition coefficient (Wildman–Crippen LogP) is 2.04. The highest BCUT2D eigenvalue weighted by molar-refractivity contribution is 6.05. The number of rotatable bonds is 5. The second-order valence-electron chi connectivity index (χ2n) is 9.35. The van der Waals surface area contributed by atoms with Crippen LogP contribution in [-0.4, -0.2) is 62.7 Å². The van der Waals surface area contributed by atoms with E-state index in [1.807, 2.05) is 30.5 Å². The number of hydrogen-bond acceptors (Lipinski definition) is 7. The van der Waals surface area contributed by atoms with Crippen LogP contribution in [0.5, 0.6) is 5.75 Å². The third-order valence-corrected chi connectivity index (χ3v) is 6.96. The van der Waals surface area contributed by atoms with Gasteiger partial charge in [-0.1, -0.05) is 6.07 Å². The number of nitrogens with zero attached hydrogens (tertiary/aromatic N) is 4. The Hall–Kier alpha value is -3.85. The summed E-state index contributed by atoms with van der Waals surface area (Å²) in [4.78, 5) is 49.4. The normalized spacial score (nSPS) is 22.5. The Morgan fingerprint density at radius 2 is 2.00 bits per heavy atom. The van der Waals surface area contributed by atoms with Crippen LogP contribution >= 0.6 is 0 Å². The number of imide groups is 1. The van der Waals surface area contributed by atoms with E-state index >= 15 is 0 Å². The van der Waals surface area contributed by atoms with Gasteiger partial charge in [0.15, 0.2) is 0 Å². The fraction of sp³-hybridized carbons (Fsp3) is 0.346. The zero-order valence-corrected chi connectivity index (χ0v) is 19.1. The number of pyridine rings is 2. The Morgan fingerprint density at radius 1 is 1.09 bits per heavy atom. The van der Waals surface area contributed by atoms with E-state index in [9.17, 15) is 14.4 Å². The van der Waals surface area contributed by atoms with Gasteiger partial charge in [0, 0.05) is 49.7 Å². The van der Waals surface area contributed by atoms with E-state index in [0.29, 0.717) is 18.5 Å². The number of amides is 3. The van der Waals surface area contributed by atoms with Crippen molar-refractivity contribution in [2.24, 2.45) is 0 Å². The lowest BCUT2D eigenvalue weighted by molar-refractivity contribution is -0.136. The van der Waals surface area contributed by atoms with E-state index in [0.717, 1.165) is 54.0 Å². The highest BCUT2D eigenvalue weighted by atomic mass is 16.5. The topological polar surface area (TPSA) is 105 Å². The van der Waals surface area contributed by atoms with Gasteiger partial charge in [-0.2, -0.15) is 0 Å². The van der Waals surface area contributed by atoms with Crippen molar-refractivity contribution in [3.63, 3.8) is 0 Å². The van der Waals surface area contributed by atoms with Crippen LogP contribution in [0.1, 0.15) is 40.9 Å². The Kier molecular flexibility index (Phi) is 5.41. The molecule has 2 aromatic heterocycles. The first kappa shape index (κ1) is 21.7. The summed E-state index contributed by atoms with van der Waals surface area (Å²) in [5.74, 6) is -0.137. The number of nitrogens with one attached hydrogen (secondary N) is 1. The molecule has 0 bridgehead atoms. The second-order valence-corrected chi connectivity index (χ2v) is 9.35. The number of benzene rings is 1. The molecule has 3 aliphatic heterocycles. The van der Waals surface area contributed by atoms with Gasteiger partial charge in [0.25, 0.3) is 5.91 Å². The first-order valence-corrected chi connectivity index (χ1v) is 11.9. The third kappa shape index (κ3) is 4.23. The molecule has 1 aromatic carbocycles. The van der Waals surface area contributed by atoms with Gasteiger partial charge in [0.1, 0.15) is 17.9 Å². The molecule has 0 spiro atoms. The highest BCUT2D eigenvalue weighted by Crippen LogP contribution is 2.31. The molecule has 1 N–H and O–H groups in total. The van der Waals surface area contributed by atoms with Crippen molar-refractivity contribution in [2.45, 2.75) is 44.5 Å². The van der Waals surface area contributed by atoms with Crippen molar-refractivity contribution in [1.82, 2.24) is 25.1 Å². The molecule has 6 rings (SSSR count).